The maximum atomic E-state index is 11.6. The quantitative estimate of drug-likeness (QED) is 0.491. The van der Waals surface area contributed by atoms with Gasteiger partial charge in [-0.1, -0.05) is 0 Å². The van der Waals surface area contributed by atoms with E-state index < -0.39 is 28.8 Å². The number of carboxylic acids is 1. The first-order valence-electron chi connectivity index (χ1n) is 5.44. The summed E-state index contributed by atoms with van der Waals surface area (Å²) < 4.78 is 4.99. The normalized spacial score (nSPS) is 38.7. The van der Waals surface area contributed by atoms with E-state index in [0.29, 0.717) is 0 Å². The van der Waals surface area contributed by atoms with Crippen LogP contribution < -0.4 is 5.73 Å². The maximum Gasteiger partial charge on any atom is 0.351 e. The molecule has 8 heteroatoms. The molecule has 100 valence electrons. The van der Waals surface area contributed by atoms with Crippen LogP contribution in [0.2, 0.25) is 0 Å². The van der Waals surface area contributed by atoms with Crippen LogP contribution in [0.25, 0.3) is 0 Å². The lowest BCUT2D eigenvalue weighted by atomic mass is 9.95. The predicted molar refractivity (Wildman–Crippen MR) is 62.7 cm³/mol. The zero-order valence-corrected chi connectivity index (χ0v) is 10.8. The number of esters is 1. The molecule has 2 heterocycles. The number of carboxylic acid groups (broad SMARTS) is 1. The number of nitrogens with two attached hydrogens (primary N) is 1. The van der Waals surface area contributed by atoms with E-state index in [0.717, 1.165) is 6.92 Å². The van der Waals surface area contributed by atoms with Crippen molar-refractivity contribution in [2.45, 2.75) is 36.1 Å². The van der Waals surface area contributed by atoms with Crippen LogP contribution >= 0.6 is 11.8 Å². The predicted octanol–water partition coefficient (Wildman–Crippen LogP) is -0.996. The molecule has 0 aromatic carbocycles. The summed E-state index contributed by atoms with van der Waals surface area (Å²) in [4.78, 5) is 35.4. The van der Waals surface area contributed by atoms with Crippen molar-refractivity contribution in [2.75, 3.05) is 6.54 Å². The molecule has 7 nitrogen and oxygen atoms in total. The van der Waals surface area contributed by atoms with Crippen molar-refractivity contribution in [3.63, 3.8) is 0 Å². The molecule has 2 unspecified atom stereocenters. The lowest BCUT2D eigenvalue weighted by Gasteiger charge is -2.54. The average Bonchev–Trinajstić information content (AvgIpc) is 2.29. The van der Waals surface area contributed by atoms with Crippen LogP contribution in [0, 0.1) is 0 Å². The Morgan fingerprint density at radius 3 is 2.72 bits per heavy atom. The Bertz CT molecular complexity index is 428. The van der Waals surface area contributed by atoms with E-state index in [1.54, 1.807) is 6.92 Å². The van der Waals surface area contributed by atoms with Crippen LogP contribution in [0.1, 0.15) is 13.8 Å². The highest BCUT2D eigenvalue weighted by Gasteiger charge is 2.61. The standard InChI is InChI=1S/C10H14N2O5S/c1-4-10(9(15)16,17-5(2)13)3-12-7(14)6(11)8(12)18-4/h4,6,8H,3,11H2,1-2H3,(H,15,16)/t4?,6-,8-,10?/m1/s1. The Kier molecular flexibility index (Phi) is 3.02. The molecule has 0 aromatic heterocycles. The zero-order chi connectivity index (χ0) is 13.7. The van der Waals surface area contributed by atoms with Gasteiger partial charge in [0, 0.05) is 6.92 Å². The van der Waals surface area contributed by atoms with Gasteiger partial charge in [0.2, 0.25) is 11.5 Å². The number of hydrogen-bond acceptors (Lipinski definition) is 6. The monoisotopic (exact) mass is 274 g/mol. The fraction of sp³-hybridized carbons (Fsp3) is 0.700. The molecule has 0 bridgehead atoms. The van der Waals surface area contributed by atoms with Crippen molar-refractivity contribution >= 4 is 29.6 Å². The fourth-order valence-corrected chi connectivity index (χ4v) is 3.71. The first-order chi connectivity index (χ1) is 8.29. The first-order valence-corrected chi connectivity index (χ1v) is 6.38. The molecular formula is C10H14N2O5S. The minimum Gasteiger partial charge on any atom is -0.478 e. The number of aliphatic carboxylic acids is 1. The largest absolute Gasteiger partial charge is 0.478 e. The molecule has 2 rings (SSSR count). The van der Waals surface area contributed by atoms with Crippen LogP contribution in [-0.2, 0) is 19.1 Å². The molecule has 1 amide bonds. The Labute approximate surface area is 108 Å². The third-order valence-corrected chi connectivity index (χ3v) is 4.89. The SMILES string of the molecule is CC(=O)OC1(C(=O)O)CN2C(=O)[C@@H](N)[C@H]2SC1C. The van der Waals surface area contributed by atoms with E-state index >= 15 is 0 Å². The number of carbonyl (C=O) groups excluding carboxylic acids is 2. The Balaban J connectivity index is 2.28. The highest BCUT2D eigenvalue weighted by atomic mass is 32.2. The molecule has 0 saturated carbocycles. The molecule has 0 spiro atoms. The van der Waals surface area contributed by atoms with E-state index in [4.69, 9.17) is 10.5 Å². The summed E-state index contributed by atoms with van der Waals surface area (Å²) in [5, 5.41) is 8.63. The first kappa shape index (κ1) is 13.2. The molecular weight excluding hydrogens is 260 g/mol. The number of thioether (sulfide) groups is 1. The summed E-state index contributed by atoms with van der Waals surface area (Å²) in [6, 6.07) is -0.596. The van der Waals surface area contributed by atoms with Gasteiger partial charge in [0.1, 0.15) is 11.4 Å². The molecule has 2 fully saturated rings. The summed E-state index contributed by atoms with van der Waals surface area (Å²) in [6.07, 6.45) is 0. The van der Waals surface area contributed by atoms with Crippen LogP contribution in [0.4, 0.5) is 0 Å². The summed E-state index contributed by atoms with van der Waals surface area (Å²) in [5.41, 5.74) is 3.95. The minimum atomic E-state index is -1.69. The van der Waals surface area contributed by atoms with Crippen molar-refractivity contribution in [3.8, 4) is 0 Å². The third kappa shape index (κ3) is 1.67. The summed E-state index contributed by atoms with van der Waals surface area (Å²) in [5.74, 6) is -2.23. The van der Waals surface area contributed by atoms with Gasteiger partial charge in [0.05, 0.1) is 11.8 Å². The number of ether oxygens (including phenoxy) is 1. The topological polar surface area (TPSA) is 110 Å². The van der Waals surface area contributed by atoms with Crippen LogP contribution in [0.15, 0.2) is 0 Å². The van der Waals surface area contributed by atoms with Crippen molar-refractivity contribution in [1.29, 1.82) is 0 Å². The lowest BCUT2D eigenvalue weighted by molar-refractivity contribution is -0.184. The number of hydrogen-bond donors (Lipinski definition) is 2. The minimum absolute atomic E-state index is 0.146. The van der Waals surface area contributed by atoms with Gasteiger partial charge in [-0.15, -0.1) is 11.8 Å². The number of β-lactam (4-membered cyclic amide) rings is 1. The molecule has 2 saturated heterocycles. The summed E-state index contributed by atoms with van der Waals surface area (Å²) >= 11 is 1.25. The summed E-state index contributed by atoms with van der Waals surface area (Å²) in [6.45, 7) is 2.67. The smallest absolute Gasteiger partial charge is 0.351 e. The highest BCUT2D eigenvalue weighted by molar-refractivity contribution is 8.00. The Morgan fingerprint density at radius 2 is 2.22 bits per heavy atom. The van der Waals surface area contributed by atoms with Gasteiger partial charge in [-0.05, 0) is 6.92 Å². The van der Waals surface area contributed by atoms with E-state index in [2.05, 4.69) is 0 Å². The van der Waals surface area contributed by atoms with Crippen molar-refractivity contribution in [2.24, 2.45) is 5.73 Å². The Hall–Kier alpha value is -1.28. The van der Waals surface area contributed by atoms with E-state index in [1.165, 1.54) is 16.7 Å². The molecule has 4 atom stereocenters. The number of amides is 1. The molecule has 0 aromatic rings. The molecule has 0 aliphatic carbocycles. The molecule has 2 aliphatic rings. The molecule has 2 aliphatic heterocycles. The van der Waals surface area contributed by atoms with Gasteiger partial charge in [0.25, 0.3) is 0 Å². The van der Waals surface area contributed by atoms with Crippen molar-refractivity contribution in [3.05, 3.63) is 0 Å². The number of rotatable bonds is 2. The van der Waals surface area contributed by atoms with E-state index in [9.17, 15) is 19.5 Å². The Morgan fingerprint density at radius 1 is 1.61 bits per heavy atom. The lowest BCUT2D eigenvalue weighted by Crippen LogP contribution is -2.75. The van der Waals surface area contributed by atoms with Gasteiger partial charge < -0.3 is 20.5 Å². The second kappa shape index (κ2) is 4.13. The van der Waals surface area contributed by atoms with Gasteiger partial charge in [-0.3, -0.25) is 9.59 Å². The highest BCUT2D eigenvalue weighted by Crippen LogP contribution is 2.43. The maximum absolute atomic E-state index is 11.6. The number of fused-ring (bicyclic) bond motifs is 1. The summed E-state index contributed by atoms with van der Waals surface area (Å²) in [7, 11) is 0. The van der Waals surface area contributed by atoms with Gasteiger partial charge in [-0.2, -0.15) is 0 Å². The molecule has 0 radical (unpaired) electrons. The van der Waals surface area contributed by atoms with E-state index in [-0.39, 0.29) is 17.8 Å². The van der Waals surface area contributed by atoms with Gasteiger partial charge in [-0.25, -0.2) is 4.79 Å². The fourth-order valence-electron chi connectivity index (χ4n) is 2.23. The molecule has 18 heavy (non-hydrogen) atoms. The zero-order valence-electron chi connectivity index (χ0n) is 9.95. The van der Waals surface area contributed by atoms with Gasteiger partial charge in [0.15, 0.2) is 0 Å². The third-order valence-electron chi connectivity index (χ3n) is 3.28. The van der Waals surface area contributed by atoms with Crippen LogP contribution in [0.3, 0.4) is 0 Å². The van der Waals surface area contributed by atoms with E-state index in [1.807, 2.05) is 0 Å². The second-order valence-corrected chi connectivity index (χ2v) is 5.91. The number of nitrogens with zero attached hydrogens (tertiary/aromatic N) is 1. The average molecular weight is 274 g/mol. The van der Waals surface area contributed by atoms with Crippen LogP contribution in [-0.4, -0.2) is 56.7 Å². The van der Waals surface area contributed by atoms with Crippen LogP contribution in [0.5, 0.6) is 0 Å². The molecule has 3 N–H and O–H groups in total. The van der Waals surface area contributed by atoms with Crippen molar-refractivity contribution < 1.29 is 24.2 Å². The second-order valence-electron chi connectivity index (χ2n) is 4.45. The van der Waals surface area contributed by atoms with Crippen molar-refractivity contribution in [1.82, 2.24) is 4.90 Å². The van der Waals surface area contributed by atoms with Gasteiger partial charge >= 0.3 is 11.9 Å². The number of carbonyl (C=O) groups is 3.